The molecule has 0 aliphatic carbocycles. The molecule has 0 radical (unpaired) electrons. The van der Waals surface area contributed by atoms with Gasteiger partial charge in [-0.1, -0.05) is 11.6 Å². The zero-order chi connectivity index (χ0) is 18.4. The summed E-state index contributed by atoms with van der Waals surface area (Å²) in [7, 11) is 0. The molecule has 0 aliphatic rings. The van der Waals surface area contributed by atoms with Gasteiger partial charge < -0.3 is 10.1 Å². The van der Waals surface area contributed by atoms with Crippen molar-refractivity contribution in [3.8, 4) is 5.40 Å². The van der Waals surface area contributed by atoms with Crippen molar-refractivity contribution in [2.45, 2.75) is 18.7 Å². The minimum absolute atomic E-state index is 0.0187. The molecule has 25 heavy (non-hydrogen) atoms. The average molecular weight is 376 g/mol. The van der Waals surface area contributed by atoms with Crippen molar-refractivity contribution in [3.63, 3.8) is 0 Å². The number of ether oxygens (including phenoxy) is 1. The topological polar surface area (TPSA) is 92.1 Å². The third-order valence-corrected chi connectivity index (χ3v) is 4.11. The Morgan fingerprint density at radius 3 is 2.64 bits per heavy atom. The van der Waals surface area contributed by atoms with Crippen LogP contribution in [0.5, 0.6) is 0 Å². The summed E-state index contributed by atoms with van der Waals surface area (Å²) in [6.45, 7) is 3.20. The highest BCUT2D eigenvalue weighted by molar-refractivity contribution is 8.03. The lowest BCUT2D eigenvalue weighted by molar-refractivity contribution is -0.119. The second-order valence-electron chi connectivity index (χ2n) is 5.09. The molecule has 0 spiro atoms. The van der Waals surface area contributed by atoms with Crippen LogP contribution >= 0.6 is 23.4 Å². The number of pyridine rings is 1. The third kappa shape index (κ3) is 4.95. The zero-order valence-electron chi connectivity index (χ0n) is 13.5. The molecule has 1 aromatic carbocycles. The van der Waals surface area contributed by atoms with Crippen molar-refractivity contribution in [2.24, 2.45) is 0 Å². The Morgan fingerprint density at radius 2 is 2.04 bits per heavy atom. The molecule has 6 nitrogen and oxygen atoms in total. The number of hydrogen-bond acceptors (Lipinski definition) is 6. The van der Waals surface area contributed by atoms with Crippen LogP contribution in [0.3, 0.4) is 0 Å². The van der Waals surface area contributed by atoms with Gasteiger partial charge in [0.2, 0.25) is 0 Å². The zero-order valence-corrected chi connectivity index (χ0v) is 15.1. The normalized spacial score (nSPS) is 10.0. The van der Waals surface area contributed by atoms with E-state index in [0.29, 0.717) is 5.69 Å². The quantitative estimate of drug-likeness (QED) is 0.370. The highest BCUT2D eigenvalue weighted by Gasteiger charge is 2.15. The fourth-order valence-corrected chi connectivity index (χ4v) is 2.93. The average Bonchev–Trinajstić information content (AvgIpc) is 2.57. The number of aromatic nitrogens is 1. The Hall–Kier alpha value is -2.56. The molecule has 128 valence electrons. The summed E-state index contributed by atoms with van der Waals surface area (Å²) in [4.78, 5) is 28.5. The lowest BCUT2D eigenvalue weighted by Gasteiger charge is -2.13. The summed E-state index contributed by atoms with van der Waals surface area (Å²) >= 11 is 6.86. The van der Waals surface area contributed by atoms with E-state index in [1.165, 1.54) is 12.3 Å². The molecule has 0 aliphatic heterocycles. The van der Waals surface area contributed by atoms with Gasteiger partial charge in [-0.25, -0.2) is 9.78 Å². The van der Waals surface area contributed by atoms with Crippen LogP contribution in [0.15, 0.2) is 35.4 Å². The summed E-state index contributed by atoms with van der Waals surface area (Å²) in [5, 5.41) is 13.5. The summed E-state index contributed by atoms with van der Waals surface area (Å²) in [6, 6.07) is 6.63. The van der Waals surface area contributed by atoms with E-state index in [1.54, 1.807) is 18.2 Å². The van der Waals surface area contributed by atoms with Crippen LogP contribution in [-0.4, -0.2) is 23.5 Å². The largest absolute Gasteiger partial charge is 0.452 e. The SMILES string of the molecule is Cc1cc(SC#N)cc(C)c1NC(=O)COC(=O)c1cccnc1Cl. The molecule has 1 N–H and O–H groups in total. The number of esters is 1. The first-order valence-electron chi connectivity index (χ1n) is 7.17. The number of thioether (sulfide) groups is 1. The van der Waals surface area contributed by atoms with E-state index in [-0.39, 0.29) is 10.7 Å². The van der Waals surface area contributed by atoms with E-state index >= 15 is 0 Å². The fraction of sp³-hybridized carbons (Fsp3) is 0.176. The molecule has 1 amide bonds. The van der Waals surface area contributed by atoms with Crippen molar-refractivity contribution in [1.82, 2.24) is 4.98 Å². The van der Waals surface area contributed by atoms with E-state index < -0.39 is 18.5 Å². The number of carbonyl (C=O) groups is 2. The molecule has 0 unspecified atom stereocenters. The highest BCUT2D eigenvalue weighted by Crippen LogP contribution is 2.27. The van der Waals surface area contributed by atoms with E-state index in [1.807, 2.05) is 19.2 Å². The van der Waals surface area contributed by atoms with Gasteiger partial charge in [0.05, 0.1) is 5.56 Å². The Labute approximate surface area is 154 Å². The maximum Gasteiger partial charge on any atom is 0.341 e. The Balaban J connectivity index is 2.00. The second kappa shape index (κ2) is 8.51. The number of hydrogen-bond donors (Lipinski definition) is 1. The van der Waals surface area contributed by atoms with Crippen molar-refractivity contribution < 1.29 is 14.3 Å². The van der Waals surface area contributed by atoms with Crippen LogP contribution in [-0.2, 0) is 9.53 Å². The highest BCUT2D eigenvalue weighted by atomic mass is 35.5. The first-order valence-corrected chi connectivity index (χ1v) is 8.36. The van der Waals surface area contributed by atoms with Crippen LogP contribution in [0, 0.1) is 24.5 Å². The van der Waals surface area contributed by atoms with Crippen LogP contribution in [0.2, 0.25) is 5.15 Å². The molecular weight excluding hydrogens is 362 g/mol. The monoisotopic (exact) mass is 375 g/mol. The van der Waals surface area contributed by atoms with E-state index in [2.05, 4.69) is 10.3 Å². The van der Waals surface area contributed by atoms with Crippen molar-refractivity contribution in [3.05, 3.63) is 52.3 Å². The molecule has 2 aromatic rings. The lowest BCUT2D eigenvalue weighted by Crippen LogP contribution is -2.22. The van der Waals surface area contributed by atoms with Gasteiger partial charge in [-0.2, -0.15) is 5.26 Å². The van der Waals surface area contributed by atoms with Crippen molar-refractivity contribution >= 4 is 40.9 Å². The molecule has 0 atom stereocenters. The molecule has 0 fully saturated rings. The van der Waals surface area contributed by atoms with E-state index in [0.717, 1.165) is 27.8 Å². The number of benzene rings is 1. The Morgan fingerprint density at radius 1 is 1.36 bits per heavy atom. The van der Waals surface area contributed by atoms with Crippen LogP contribution < -0.4 is 5.32 Å². The molecular formula is C17H14ClN3O3S. The number of amides is 1. The van der Waals surface area contributed by atoms with Crippen molar-refractivity contribution in [2.75, 3.05) is 11.9 Å². The van der Waals surface area contributed by atoms with Gasteiger partial charge in [0.15, 0.2) is 6.61 Å². The number of anilines is 1. The predicted octanol–water partition coefficient (Wildman–Crippen LogP) is 3.72. The summed E-state index contributed by atoms with van der Waals surface area (Å²) in [5.74, 6) is -1.19. The van der Waals surface area contributed by atoms with Gasteiger partial charge in [-0.3, -0.25) is 4.79 Å². The van der Waals surface area contributed by atoms with Crippen LogP contribution in [0.25, 0.3) is 0 Å². The summed E-state index contributed by atoms with van der Waals surface area (Å²) in [6.07, 6.45) is 1.45. The third-order valence-electron chi connectivity index (χ3n) is 3.25. The number of nitrogens with one attached hydrogen (secondary N) is 1. The molecule has 1 aromatic heterocycles. The standard InChI is InChI=1S/C17H14ClN3O3S/c1-10-6-12(25-9-19)7-11(2)15(10)21-14(22)8-24-17(23)13-4-3-5-20-16(13)18/h3-7H,8H2,1-2H3,(H,21,22). The first-order chi connectivity index (χ1) is 11.9. The smallest absolute Gasteiger partial charge is 0.341 e. The predicted molar refractivity (Wildman–Crippen MR) is 95.5 cm³/mol. The molecule has 0 saturated carbocycles. The summed E-state index contributed by atoms with van der Waals surface area (Å²) in [5.41, 5.74) is 2.35. The number of halogens is 1. The molecule has 0 bridgehead atoms. The maximum atomic E-state index is 12.1. The fourth-order valence-electron chi connectivity index (χ4n) is 2.16. The van der Waals surface area contributed by atoms with E-state index in [4.69, 9.17) is 21.6 Å². The number of nitriles is 1. The van der Waals surface area contributed by atoms with Gasteiger partial charge in [0.1, 0.15) is 10.6 Å². The Kier molecular flexibility index (Phi) is 6.39. The van der Waals surface area contributed by atoms with Crippen LogP contribution in [0.1, 0.15) is 21.5 Å². The Bertz CT molecular complexity index is 841. The number of aryl methyl sites for hydroxylation is 2. The van der Waals surface area contributed by atoms with Crippen molar-refractivity contribution in [1.29, 1.82) is 5.26 Å². The second-order valence-corrected chi connectivity index (χ2v) is 6.31. The lowest BCUT2D eigenvalue weighted by atomic mass is 10.1. The first kappa shape index (κ1) is 18.8. The van der Waals surface area contributed by atoms with Gasteiger partial charge in [-0.05, 0) is 61.0 Å². The number of rotatable bonds is 5. The molecule has 2 rings (SSSR count). The maximum absolute atomic E-state index is 12.1. The minimum atomic E-state index is -0.720. The van der Waals surface area contributed by atoms with Gasteiger partial charge in [-0.15, -0.1) is 0 Å². The van der Waals surface area contributed by atoms with E-state index in [9.17, 15) is 9.59 Å². The number of nitrogens with zero attached hydrogens (tertiary/aromatic N) is 2. The van der Waals surface area contributed by atoms with Gasteiger partial charge in [0, 0.05) is 16.8 Å². The van der Waals surface area contributed by atoms with Crippen LogP contribution in [0.4, 0.5) is 5.69 Å². The van der Waals surface area contributed by atoms with Gasteiger partial charge >= 0.3 is 5.97 Å². The summed E-state index contributed by atoms with van der Waals surface area (Å²) < 4.78 is 4.96. The molecule has 1 heterocycles. The number of carbonyl (C=O) groups excluding carboxylic acids is 2. The number of thiocyanates is 1. The van der Waals surface area contributed by atoms with Gasteiger partial charge in [0.25, 0.3) is 5.91 Å². The minimum Gasteiger partial charge on any atom is -0.452 e. The molecule has 8 heteroatoms. The molecule has 0 saturated heterocycles.